The van der Waals surface area contributed by atoms with Crippen LogP contribution in [-0.4, -0.2) is 18.4 Å². The molecule has 0 amide bonds. The van der Waals surface area contributed by atoms with Crippen molar-refractivity contribution in [1.29, 1.82) is 0 Å². The van der Waals surface area contributed by atoms with Gasteiger partial charge in [0.1, 0.15) is 11.6 Å². The molecule has 0 saturated heterocycles. The second-order valence-corrected chi connectivity index (χ2v) is 5.57. The summed E-state index contributed by atoms with van der Waals surface area (Å²) in [6.45, 7) is -0.388. The van der Waals surface area contributed by atoms with Gasteiger partial charge in [-0.1, -0.05) is 41.9 Å². The Morgan fingerprint density at radius 3 is 2.52 bits per heavy atom. The zero-order valence-corrected chi connectivity index (χ0v) is 13.6. The third-order valence-corrected chi connectivity index (χ3v) is 3.73. The summed E-state index contributed by atoms with van der Waals surface area (Å²) in [7, 11) is 0. The molecule has 126 valence electrons. The number of furan rings is 1. The summed E-state index contributed by atoms with van der Waals surface area (Å²) in [5, 5.41) is -0.0496. The highest BCUT2D eigenvalue weighted by atomic mass is 35.5. The van der Waals surface area contributed by atoms with E-state index in [1.807, 2.05) is 0 Å². The number of carbonyl (C=O) groups is 2. The van der Waals surface area contributed by atoms with Crippen molar-refractivity contribution in [2.75, 3.05) is 6.61 Å². The average molecular weight is 359 g/mol. The highest BCUT2D eigenvalue weighted by molar-refractivity contribution is 6.31. The van der Waals surface area contributed by atoms with Crippen molar-refractivity contribution in [3.05, 3.63) is 82.8 Å². The topological polar surface area (TPSA) is 56.5 Å². The van der Waals surface area contributed by atoms with Crippen LogP contribution >= 0.6 is 11.6 Å². The molecule has 3 aromatic rings. The lowest BCUT2D eigenvalue weighted by Gasteiger charge is -2.03. The molecule has 1 heterocycles. The highest BCUT2D eigenvalue weighted by Crippen LogP contribution is 2.26. The summed E-state index contributed by atoms with van der Waals surface area (Å²) in [6, 6.07) is 15.5. The summed E-state index contributed by atoms with van der Waals surface area (Å²) in [4.78, 5) is 23.9. The fraction of sp³-hybridized carbons (Fsp3) is 0.0526. The minimum absolute atomic E-state index is 0.0496. The molecule has 2 aromatic carbocycles. The van der Waals surface area contributed by atoms with Crippen molar-refractivity contribution in [2.24, 2.45) is 0 Å². The first-order chi connectivity index (χ1) is 12.0. The average Bonchev–Trinajstić information content (AvgIpc) is 3.12. The maximum Gasteiger partial charge on any atom is 0.374 e. The number of ketones is 1. The van der Waals surface area contributed by atoms with Crippen LogP contribution in [0.5, 0.6) is 0 Å². The summed E-state index contributed by atoms with van der Waals surface area (Å²) in [6.07, 6.45) is 0. The van der Waals surface area contributed by atoms with E-state index in [2.05, 4.69) is 0 Å². The molecular formula is C19H12ClFO4. The molecule has 0 aliphatic rings. The van der Waals surface area contributed by atoms with Gasteiger partial charge in [-0.05, 0) is 30.3 Å². The zero-order chi connectivity index (χ0) is 17.8. The molecule has 0 unspecified atom stereocenters. The maximum absolute atomic E-state index is 13.2. The molecular weight excluding hydrogens is 347 g/mol. The molecule has 0 aliphatic carbocycles. The van der Waals surface area contributed by atoms with E-state index in [0.717, 1.165) is 0 Å². The van der Waals surface area contributed by atoms with Gasteiger partial charge in [-0.25, -0.2) is 9.18 Å². The quantitative estimate of drug-likeness (QED) is 0.486. The Labute approximate surface area is 147 Å². The Kier molecular flexibility index (Phi) is 4.95. The summed E-state index contributed by atoms with van der Waals surface area (Å²) >= 11 is 5.73. The molecule has 3 rings (SSSR count). The van der Waals surface area contributed by atoms with Crippen LogP contribution in [0.3, 0.4) is 0 Å². The van der Waals surface area contributed by atoms with Gasteiger partial charge in [0.25, 0.3) is 0 Å². The van der Waals surface area contributed by atoms with Crippen molar-refractivity contribution >= 4 is 23.4 Å². The fourth-order valence-electron chi connectivity index (χ4n) is 2.16. The molecule has 6 heteroatoms. The van der Waals surface area contributed by atoms with Crippen molar-refractivity contribution in [2.45, 2.75) is 0 Å². The lowest BCUT2D eigenvalue weighted by Crippen LogP contribution is -2.13. The number of hydrogen-bond donors (Lipinski definition) is 0. The van der Waals surface area contributed by atoms with Crippen LogP contribution in [0.25, 0.3) is 11.3 Å². The number of hydrogen-bond acceptors (Lipinski definition) is 4. The Bertz CT molecular complexity index is 918. The van der Waals surface area contributed by atoms with Crippen LogP contribution in [-0.2, 0) is 4.74 Å². The Morgan fingerprint density at radius 1 is 1.04 bits per heavy atom. The van der Waals surface area contributed by atoms with Crippen molar-refractivity contribution in [3.8, 4) is 11.3 Å². The van der Waals surface area contributed by atoms with E-state index in [1.54, 1.807) is 36.4 Å². The monoisotopic (exact) mass is 358 g/mol. The van der Waals surface area contributed by atoms with Crippen LogP contribution in [0.2, 0.25) is 5.02 Å². The molecule has 0 spiro atoms. The molecule has 0 bridgehead atoms. The third kappa shape index (κ3) is 3.95. The van der Waals surface area contributed by atoms with Gasteiger partial charge >= 0.3 is 5.97 Å². The van der Waals surface area contributed by atoms with Gasteiger partial charge in [0, 0.05) is 11.1 Å². The van der Waals surface area contributed by atoms with E-state index < -0.39 is 11.8 Å². The summed E-state index contributed by atoms with van der Waals surface area (Å²) in [5.41, 5.74) is 0.974. The van der Waals surface area contributed by atoms with Crippen LogP contribution in [0, 0.1) is 5.82 Å². The standard InChI is InChI=1S/C19H12ClFO4/c20-14-10-13(6-7-15(14)21)17-8-9-18(25-17)19(23)24-11-16(22)12-4-2-1-3-5-12/h1-10H,11H2. The number of halogens is 2. The number of esters is 1. The van der Waals surface area contributed by atoms with Gasteiger partial charge in [-0.3, -0.25) is 4.79 Å². The van der Waals surface area contributed by atoms with E-state index in [4.69, 9.17) is 20.8 Å². The number of rotatable bonds is 5. The lowest BCUT2D eigenvalue weighted by molar-refractivity contribution is 0.0445. The van der Waals surface area contributed by atoms with Crippen LogP contribution in [0.4, 0.5) is 4.39 Å². The SMILES string of the molecule is O=C(COC(=O)c1ccc(-c2ccc(F)c(Cl)c2)o1)c1ccccc1. The molecule has 0 aliphatic heterocycles. The first-order valence-electron chi connectivity index (χ1n) is 7.35. The molecule has 0 atom stereocenters. The van der Waals surface area contributed by atoms with Crippen LogP contribution in [0.15, 0.2) is 65.1 Å². The van der Waals surface area contributed by atoms with Crippen molar-refractivity contribution in [3.63, 3.8) is 0 Å². The smallest absolute Gasteiger partial charge is 0.374 e. The van der Waals surface area contributed by atoms with E-state index in [9.17, 15) is 14.0 Å². The fourth-order valence-corrected chi connectivity index (χ4v) is 2.34. The molecule has 25 heavy (non-hydrogen) atoms. The third-order valence-electron chi connectivity index (χ3n) is 3.44. The van der Waals surface area contributed by atoms with E-state index in [1.165, 1.54) is 24.3 Å². The maximum atomic E-state index is 13.2. The van der Waals surface area contributed by atoms with Crippen LogP contribution < -0.4 is 0 Å². The molecule has 0 radical (unpaired) electrons. The Morgan fingerprint density at radius 2 is 1.80 bits per heavy atom. The second-order valence-electron chi connectivity index (χ2n) is 5.16. The Hall–Kier alpha value is -2.92. The van der Waals surface area contributed by atoms with Gasteiger partial charge in [-0.2, -0.15) is 0 Å². The predicted molar refractivity (Wildman–Crippen MR) is 90.2 cm³/mol. The second kappa shape index (κ2) is 7.32. The normalized spacial score (nSPS) is 10.5. The molecule has 0 fully saturated rings. The highest BCUT2D eigenvalue weighted by Gasteiger charge is 2.16. The van der Waals surface area contributed by atoms with Gasteiger partial charge in [-0.15, -0.1) is 0 Å². The largest absolute Gasteiger partial charge is 0.451 e. The van der Waals surface area contributed by atoms with Crippen LogP contribution in [0.1, 0.15) is 20.9 Å². The predicted octanol–water partition coefficient (Wildman–Crippen LogP) is 4.78. The van der Waals surface area contributed by atoms with Gasteiger partial charge in [0.15, 0.2) is 12.4 Å². The van der Waals surface area contributed by atoms with Gasteiger partial charge < -0.3 is 9.15 Å². The summed E-state index contributed by atoms with van der Waals surface area (Å²) in [5.74, 6) is -1.34. The minimum Gasteiger partial charge on any atom is -0.451 e. The first-order valence-corrected chi connectivity index (χ1v) is 7.73. The number of benzene rings is 2. The number of Topliss-reactive ketones (excluding diaryl/α,β-unsaturated/α-hetero) is 1. The molecule has 0 N–H and O–H groups in total. The van der Waals surface area contributed by atoms with E-state index >= 15 is 0 Å². The molecule has 1 aromatic heterocycles. The Balaban J connectivity index is 1.66. The van der Waals surface area contributed by atoms with Gasteiger partial charge in [0.05, 0.1) is 5.02 Å². The zero-order valence-electron chi connectivity index (χ0n) is 12.9. The molecule has 0 saturated carbocycles. The number of carbonyl (C=O) groups excluding carboxylic acids is 2. The van der Waals surface area contributed by atoms with E-state index in [0.29, 0.717) is 16.9 Å². The molecule has 4 nitrogen and oxygen atoms in total. The van der Waals surface area contributed by atoms with E-state index in [-0.39, 0.29) is 23.2 Å². The summed E-state index contributed by atoms with van der Waals surface area (Å²) < 4.78 is 23.6. The minimum atomic E-state index is -0.760. The van der Waals surface area contributed by atoms with Crippen molar-refractivity contribution < 1.29 is 23.1 Å². The van der Waals surface area contributed by atoms with Crippen molar-refractivity contribution in [1.82, 2.24) is 0 Å². The van der Waals surface area contributed by atoms with Gasteiger partial charge in [0.2, 0.25) is 5.76 Å². The lowest BCUT2D eigenvalue weighted by atomic mass is 10.1. The number of ether oxygens (including phenoxy) is 1. The first kappa shape index (κ1) is 16.9.